The van der Waals surface area contributed by atoms with Gasteiger partial charge in [-0.05, 0) is 43.3 Å². The lowest BCUT2D eigenvalue weighted by molar-refractivity contribution is 0.340. The lowest BCUT2D eigenvalue weighted by Crippen LogP contribution is -2.23. The molecule has 0 aliphatic heterocycles. The number of rotatable bonds is 7. The van der Waals surface area contributed by atoms with Crippen LogP contribution in [0, 0.1) is 0 Å². The number of benzene rings is 2. The molecule has 4 rings (SSSR count). The van der Waals surface area contributed by atoms with Crippen LogP contribution in [0.5, 0.6) is 11.5 Å². The molecule has 146 valence electrons. The van der Waals surface area contributed by atoms with Gasteiger partial charge < -0.3 is 9.47 Å². The fraction of sp³-hybridized carbons (Fsp3) is 0.136. The van der Waals surface area contributed by atoms with E-state index in [2.05, 4.69) is 16.7 Å². The lowest BCUT2D eigenvalue weighted by atomic mass is 10.2. The van der Waals surface area contributed by atoms with E-state index < -0.39 is 0 Å². The van der Waals surface area contributed by atoms with Crippen molar-refractivity contribution in [3.8, 4) is 22.9 Å². The smallest absolute Gasteiger partial charge is 0.291 e. The van der Waals surface area contributed by atoms with Crippen molar-refractivity contribution in [1.29, 1.82) is 0 Å². The summed E-state index contributed by atoms with van der Waals surface area (Å²) in [5, 5.41) is 4.39. The Kier molecular flexibility index (Phi) is 5.39. The number of aromatic nitrogens is 3. The minimum atomic E-state index is -0.201. The highest BCUT2D eigenvalue weighted by Gasteiger charge is 2.12. The summed E-state index contributed by atoms with van der Waals surface area (Å²) in [5.41, 5.74) is 1.45. The van der Waals surface area contributed by atoms with Crippen LogP contribution in [0.15, 0.2) is 66.0 Å². The van der Waals surface area contributed by atoms with Gasteiger partial charge >= 0.3 is 0 Å². The zero-order valence-corrected chi connectivity index (χ0v) is 16.7. The molecule has 0 radical (unpaired) electrons. The highest BCUT2D eigenvalue weighted by molar-refractivity contribution is 7.15. The van der Waals surface area contributed by atoms with Crippen LogP contribution in [0.4, 0.5) is 0 Å². The maximum Gasteiger partial charge on any atom is 0.291 e. The molecule has 0 fully saturated rings. The molecule has 0 aliphatic rings. The fourth-order valence-electron chi connectivity index (χ4n) is 2.84. The van der Waals surface area contributed by atoms with Crippen molar-refractivity contribution >= 4 is 22.4 Å². The normalized spacial score (nSPS) is 11.7. The Balaban J connectivity index is 1.70. The Bertz CT molecular complexity index is 1260. The summed E-state index contributed by atoms with van der Waals surface area (Å²) in [6, 6.07) is 15.1. The summed E-state index contributed by atoms with van der Waals surface area (Å²) in [7, 11) is 0. The first-order chi connectivity index (χ1) is 14.2. The largest absolute Gasteiger partial charge is 0.494 e. The van der Waals surface area contributed by atoms with E-state index in [0.29, 0.717) is 34.3 Å². The van der Waals surface area contributed by atoms with Crippen LogP contribution in [0.2, 0.25) is 0 Å². The second kappa shape index (κ2) is 8.28. The molecule has 0 saturated heterocycles. The molecule has 0 atom stereocenters. The van der Waals surface area contributed by atoms with E-state index in [9.17, 15) is 4.79 Å². The van der Waals surface area contributed by atoms with Crippen LogP contribution in [0.3, 0.4) is 0 Å². The zero-order chi connectivity index (χ0) is 20.2. The van der Waals surface area contributed by atoms with Gasteiger partial charge in [-0.2, -0.15) is 9.50 Å². The summed E-state index contributed by atoms with van der Waals surface area (Å²) in [4.78, 5) is 17.9. The summed E-state index contributed by atoms with van der Waals surface area (Å²) in [6.45, 7) is 6.61. The molecule has 2 aromatic heterocycles. The molecule has 29 heavy (non-hydrogen) atoms. The molecule has 0 unspecified atom stereocenters. The number of nitrogens with zero attached hydrogens (tertiary/aromatic N) is 3. The predicted molar refractivity (Wildman–Crippen MR) is 115 cm³/mol. The number of hydrogen-bond donors (Lipinski definition) is 0. The highest BCUT2D eigenvalue weighted by Crippen LogP contribution is 2.21. The van der Waals surface area contributed by atoms with E-state index in [-0.39, 0.29) is 5.56 Å². The van der Waals surface area contributed by atoms with Gasteiger partial charge in [0, 0.05) is 11.1 Å². The Hall–Kier alpha value is -3.45. The van der Waals surface area contributed by atoms with Crippen molar-refractivity contribution in [2.24, 2.45) is 0 Å². The molecule has 0 bridgehead atoms. The number of para-hydroxylation sites is 1. The maximum atomic E-state index is 12.8. The van der Waals surface area contributed by atoms with Crippen LogP contribution in [-0.4, -0.2) is 27.8 Å². The van der Waals surface area contributed by atoms with Crippen LogP contribution < -0.4 is 19.6 Å². The van der Waals surface area contributed by atoms with Gasteiger partial charge in [0.15, 0.2) is 5.82 Å². The van der Waals surface area contributed by atoms with Gasteiger partial charge in [-0.25, -0.2) is 0 Å². The predicted octanol–water partition coefficient (Wildman–Crippen LogP) is 3.33. The maximum absolute atomic E-state index is 12.8. The van der Waals surface area contributed by atoms with Gasteiger partial charge in [-0.15, -0.1) is 5.10 Å². The summed E-state index contributed by atoms with van der Waals surface area (Å²) >= 11 is 1.30. The van der Waals surface area contributed by atoms with E-state index in [1.165, 1.54) is 15.9 Å². The average Bonchev–Trinajstić information content (AvgIpc) is 3.28. The molecule has 0 aliphatic carbocycles. The van der Waals surface area contributed by atoms with Gasteiger partial charge in [-0.3, -0.25) is 4.79 Å². The molecule has 2 aromatic carbocycles. The van der Waals surface area contributed by atoms with E-state index in [1.807, 2.05) is 55.5 Å². The molecule has 6 nitrogen and oxygen atoms in total. The van der Waals surface area contributed by atoms with Gasteiger partial charge in [0.25, 0.3) is 5.56 Å². The quantitative estimate of drug-likeness (QED) is 0.441. The summed E-state index contributed by atoms with van der Waals surface area (Å²) in [5.74, 6) is 1.99. The van der Waals surface area contributed by atoms with Crippen molar-refractivity contribution in [2.75, 3.05) is 13.2 Å². The Morgan fingerprint density at radius 2 is 1.93 bits per heavy atom. The number of hydrogen-bond acceptors (Lipinski definition) is 6. The molecule has 0 amide bonds. The van der Waals surface area contributed by atoms with Gasteiger partial charge in [-0.1, -0.05) is 42.2 Å². The van der Waals surface area contributed by atoms with E-state index in [4.69, 9.17) is 9.47 Å². The van der Waals surface area contributed by atoms with E-state index in [1.54, 1.807) is 12.2 Å². The van der Waals surface area contributed by atoms with Gasteiger partial charge in [0.2, 0.25) is 4.96 Å². The molecule has 7 heteroatoms. The first-order valence-corrected chi connectivity index (χ1v) is 9.98. The third-order valence-corrected chi connectivity index (χ3v) is 5.13. The number of fused-ring (bicyclic) bond motifs is 1. The molecular weight excluding hydrogens is 386 g/mol. The lowest BCUT2D eigenvalue weighted by Gasteiger charge is -2.05. The first-order valence-electron chi connectivity index (χ1n) is 9.17. The van der Waals surface area contributed by atoms with Crippen LogP contribution in [-0.2, 0) is 0 Å². The zero-order valence-electron chi connectivity index (χ0n) is 15.9. The fourth-order valence-corrected chi connectivity index (χ4v) is 3.74. The van der Waals surface area contributed by atoms with Gasteiger partial charge in [0.1, 0.15) is 18.1 Å². The molecular formula is C22H19N3O3S. The Morgan fingerprint density at radius 3 is 2.66 bits per heavy atom. The molecule has 2 heterocycles. The highest BCUT2D eigenvalue weighted by atomic mass is 32.1. The minimum Gasteiger partial charge on any atom is -0.494 e. The Morgan fingerprint density at radius 1 is 1.14 bits per heavy atom. The van der Waals surface area contributed by atoms with Crippen molar-refractivity contribution in [2.45, 2.75) is 6.92 Å². The SMILES string of the molecule is C=CCOc1ccccc1C=c1sc2nc(-c3ccc(OCC)cc3)nn2c1=O. The van der Waals surface area contributed by atoms with Gasteiger partial charge in [0.05, 0.1) is 11.1 Å². The van der Waals surface area contributed by atoms with Crippen molar-refractivity contribution < 1.29 is 9.47 Å². The van der Waals surface area contributed by atoms with E-state index >= 15 is 0 Å². The molecule has 0 spiro atoms. The topological polar surface area (TPSA) is 65.7 Å². The minimum absolute atomic E-state index is 0.201. The third kappa shape index (κ3) is 3.90. The van der Waals surface area contributed by atoms with Crippen molar-refractivity contribution in [3.05, 3.63) is 81.6 Å². The molecule has 0 saturated carbocycles. The van der Waals surface area contributed by atoms with Crippen molar-refractivity contribution in [3.63, 3.8) is 0 Å². The Labute approximate surface area is 171 Å². The van der Waals surface area contributed by atoms with Crippen molar-refractivity contribution in [1.82, 2.24) is 14.6 Å². The number of ether oxygens (including phenoxy) is 2. The van der Waals surface area contributed by atoms with Crippen LogP contribution in [0.25, 0.3) is 22.4 Å². The van der Waals surface area contributed by atoms with Crippen LogP contribution >= 0.6 is 11.3 Å². The second-order valence-corrected chi connectivity index (χ2v) is 7.15. The third-order valence-electron chi connectivity index (χ3n) is 4.17. The summed E-state index contributed by atoms with van der Waals surface area (Å²) in [6.07, 6.45) is 3.49. The van der Waals surface area contributed by atoms with E-state index in [0.717, 1.165) is 16.9 Å². The first kappa shape index (κ1) is 18.9. The standard InChI is InChI=1S/C22H19N3O3S/c1-3-13-28-18-8-6-5-7-16(18)14-19-21(26)25-22(29-19)23-20(24-25)15-9-11-17(12-10-15)27-4-2/h3,5-12,14H,1,4,13H2,2H3. The van der Waals surface area contributed by atoms with Crippen LogP contribution in [0.1, 0.15) is 12.5 Å². The monoisotopic (exact) mass is 405 g/mol. The molecule has 4 aromatic rings. The number of thiazole rings is 1. The average molecular weight is 405 g/mol. The molecule has 0 N–H and O–H groups in total. The second-order valence-electron chi connectivity index (χ2n) is 6.14. The summed E-state index contributed by atoms with van der Waals surface area (Å²) < 4.78 is 13.0.